The van der Waals surface area contributed by atoms with Crippen LogP contribution in [0.1, 0.15) is 48.7 Å². The lowest BCUT2D eigenvalue weighted by Gasteiger charge is -2.36. The Morgan fingerprint density at radius 1 is 1.04 bits per heavy atom. The lowest BCUT2D eigenvalue weighted by atomic mass is 9.92. The summed E-state index contributed by atoms with van der Waals surface area (Å²) in [5.74, 6) is -0.0752. The van der Waals surface area contributed by atoms with E-state index in [2.05, 4.69) is 12.0 Å². The number of likely N-dealkylation sites (tertiary alicyclic amines) is 2. The number of aromatic nitrogens is 2. The molecule has 3 heterocycles. The van der Waals surface area contributed by atoms with Gasteiger partial charge in [0.15, 0.2) is 5.69 Å². The van der Waals surface area contributed by atoms with Crippen LogP contribution < -0.4 is 0 Å². The Morgan fingerprint density at radius 3 is 2.15 bits per heavy atom. The summed E-state index contributed by atoms with van der Waals surface area (Å²) < 4.78 is 40.3. The van der Waals surface area contributed by atoms with Crippen molar-refractivity contribution in [1.82, 2.24) is 19.6 Å². The number of carbonyl (C=O) groups is 2. The van der Waals surface area contributed by atoms with E-state index in [9.17, 15) is 22.8 Å². The van der Waals surface area contributed by atoms with E-state index in [1.807, 2.05) is 4.90 Å². The van der Waals surface area contributed by atoms with Crippen molar-refractivity contribution >= 4 is 11.8 Å². The predicted molar refractivity (Wildman–Crippen MR) is 91.8 cm³/mol. The lowest BCUT2D eigenvalue weighted by Crippen LogP contribution is -2.46. The normalized spacial score (nSPS) is 20.2. The van der Waals surface area contributed by atoms with E-state index in [0.29, 0.717) is 18.8 Å². The maximum atomic E-state index is 13.1. The van der Waals surface area contributed by atoms with Crippen LogP contribution in [0.25, 0.3) is 0 Å². The topological polar surface area (TPSA) is 58.4 Å². The zero-order chi connectivity index (χ0) is 19.8. The first-order valence-corrected chi connectivity index (χ1v) is 9.35. The third kappa shape index (κ3) is 4.27. The van der Waals surface area contributed by atoms with Crippen LogP contribution in [0.4, 0.5) is 13.2 Å². The summed E-state index contributed by atoms with van der Waals surface area (Å²) in [6, 6.07) is 0. The summed E-state index contributed by atoms with van der Waals surface area (Å²) in [6.07, 6.45) is -0.589. The molecule has 2 aliphatic heterocycles. The molecule has 6 nitrogen and oxygen atoms in total. The highest BCUT2D eigenvalue weighted by Gasteiger charge is 2.40. The van der Waals surface area contributed by atoms with E-state index in [0.717, 1.165) is 36.8 Å². The lowest BCUT2D eigenvalue weighted by molar-refractivity contribution is -0.141. The number of halogens is 3. The number of amides is 2. The second kappa shape index (κ2) is 7.52. The van der Waals surface area contributed by atoms with Gasteiger partial charge in [-0.25, -0.2) is 0 Å². The van der Waals surface area contributed by atoms with Gasteiger partial charge in [0, 0.05) is 45.3 Å². The van der Waals surface area contributed by atoms with E-state index in [-0.39, 0.29) is 24.9 Å². The van der Waals surface area contributed by atoms with Gasteiger partial charge < -0.3 is 9.80 Å². The minimum absolute atomic E-state index is 0.117. The molecular formula is C18H25F3N4O2. The Kier molecular flexibility index (Phi) is 5.48. The molecule has 9 heteroatoms. The number of rotatable bonds is 2. The van der Waals surface area contributed by atoms with E-state index in [1.54, 1.807) is 0 Å². The van der Waals surface area contributed by atoms with Crippen LogP contribution in [0.15, 0.2) is 6.20 Å². The van der Waals surface area contributed by atoms with Gasteiger partial charge in [-0.15, -0.1) is 0 Å². The maximum absolute atomic E-state index is 13.1. The zero-order valence-corrected chi connectivity index (χ0v) is 15.6. The van der Waals surface area contributed by atoms with Crippen LogP contribution in [-0.2, 0) is 18.0 Å². The largest absolute Gasteiger partial charge is 0.435 e. The second-order valence-corrected chi connectivity index (χ2v) is 7.64. The maximum Gasteiger partial charge on any atom is 0.435 e. The van der Waals surface area contributed by atoms with Crippen molar-refractivity contribution in [1.29, 1.82) is 0 Å². The van der Waals surface area contributed by atoms with Gasteiger partial charge in [0.25, 0.3) is 5.91 Å². The molecule has 0 saturated carbocycles. The fraction of sp³-hybridized carbons (Fsp3) is 0.722. The quantitative estimate of drug-likeness (QED) is 0.785. The summed E-state index contributed by atoms with van der Waals surface area (Å²) in [5.41, 5.74) is -1.59. The Hall–Kier alpha value is -2.06. The smallest absolute Gasteiger partial charge is 0.342 e. The fourth-order valence-corrected chi connectivity index (χ4v) is 3.84. The second-order valence-electron chi connectivity index (χ2n) is 7.64. The van der Waals surface area contributed by atoms with Crippen molar-refractivity contribution in [3.8, 4) is 0 Å². The van der Waals surface area contributed by atoms with Crippen molar-refractivity contribution in [3.63, 3.8) is 0 Å². The molecule has 0 unspecified atom stereocenters. The highest BCUT2D eigenvalue weighted by Crippen LogP contribution is 2.32. The van der Waals surface area contributed by atoms with Crippen molar-refractivity contribution in [2.45, 2.75) is 38.8 Å². The van der Waals surface area contributed by atoms with Gasteiger partial charge in [-0.3, -0.25) is 14.3 Å². The number of aryl methyl sites for hydroxylation is 1. The van der Waals surface area contributed by atoms with E-state index in [1.165, 1.54) is 11.9 Å². The number of carbonyl (C=O) groups excluding carboxylic acids is 2. The third-order valence-corrected chi connectivity index (χ3v) is 5.55. The number of hydrogen-bond acceptors (Lipinski definition) is 3. The van der Waals surface area contributed by atoms with Crippen molar-refractivity contribution in [3.05, 3.63) is 17.5 Å². The first-order chi connectivity index (χ1) is 12.7. The van der Waals surface area contributed by atoms with Crippen LogP contribution in [0.3, 0.4) is 0 Å². The van der Waals surface area contributed by atoms with Crippen LogP contribution in [0, 0.1) is 11.8 Å². The van der Waals surface area contributed by atoms with E-state index in [4.69, 9.17) is 0 Å². The highest BCUT2D eigenvalue weighted by molar-refractivity contribution is 5.95. The predicted octanol–water partition coefficient (Wildman–Crippen LogP) is 2.55. The van der Waals surface area contributed by atoms with Crippen LogP contribution in [-0.4, -0.2) is 57.6 Å². The molecule has 1 aromatic rings. The van der Waals surface area contributed by atoms with Gasteiger partial charge >= 0.3 is 6.18 Å². The van der Waals surface area contributed by atoms with Gasteiger partial charge in [0.05, 0.1) is 5.56 Å². The third-order valence-electron chi connectivity index (χ3n) is 5.55. The molecule has 0 spiro atoms. The molecule has 0 N–H and O–H groups in total. The van der Waals surface area contributed by atoms with Crippen molar-refractivity contribution in [2.75, 3.05) is 26.2 Å². The molecule has 0 aromatic carbocycles. The average molecular weight is 386 g/mol. The van der Waals surface area contributed by atoms with Crippen LogP contribution in [0.5, 0.6) is 0 Å². The van der Waals surface area contributed by atoms with Crippen molar-refractivity contribution in [2.24, 2.45) is 18.9 Å². The molecule has 2 saturated heterocycles. The summed E-state index contributed by atoms with van der Waals surface area (Å²) >= 11 is 0. The molecule has 0 radical (unpaired) electrons. The molecule has 27 heavy (non-hydrogen) atoms. The molecule has 1 aromatic heterocycles. The first kappa shape index (κ1) is 19.7. The Balaban J connectivity index is 1.61. The highest BCUT2D eigenvalue weighted by atomic mass is 19.4. The van der Waals surface area contributed by atoms with Gasteiger partial charge in [0.2, 0.25) is 5.91 Å². The molecule has 3 rings (SSSR count). The average Bonchev–Trinajstić information content (AvgIpc) is 3.03. The number of piperidine rings is 2. The van der Waals surface area contributed by atoms with E-state index >= 15 is 0 Å². The number of hydrogen-bond donors (Lipinski definition) is 0. The van der Waals surface area contributed by atoms with Crippen LogP contribution in [0.2, 0.25) is 0 Å². The Morgan fingerprint density at radius 2 is 1.59 bits per heavy atom. The molecule has 0 aliphatic carbocycles. The minimum atomic E-state index is -4.67. The fourth-order valence-electron chi connectivity index (χ4n) is 3.84. The molecule has 150 valence electrons. The molecule has 0 bridgehead atoms. The summed E-state index contributed by atoms with van der Waals surface area (Å²) in [7, 11) is 1.36. The number of nitrogens with zero attached hydrogens (tertiary/aromatic N) is 4. The van der Waals surface area contributed by atoms with Gasteiger partial charge in [0.1, 0.15) is 0 Å². The summed E-state index contributed by atoms with van der Waals surface area (Å²) in [6.45, 7) is 4.28. The summed E-state index contributed by atoms with van der Waals surface area (Å²) in [4.78, 5) is 28.5. The molecular weight excluding hydrogens is 361 g/mol. The van der Waals surface area contributed by atoms with Crippen LogP contribution >= 0.6 is 0 Å². The summed E-state index contributed by atoms with van der Waals surface area (Å²) in [5, 5.41) is 3.39. The minimum Gasteiger partial charge on any atom is -0.342 e. The Labute approximate surface area is 156 Å². The Bertz CT molecular complexity index is 700. The molecule has 2 fully saturated rings. The zero-order valence-electron chi connectivity index (χ0n) is 15.6. The number of alkyl halides is 3. The standard InChI is InChI=1S/C18H25F3N4O2/c1-12-3-7-24(8-4-12)16(26)13-5-9-25(10-6-13)17(27)14-11-23(2)22-15(14)18(19,20)21/h11-13H,3-10H2,1-2H3. The van der Waals surface area contributed by atoms with Crippen molar-refractivity contribution < 1.29 is 22.8 Å². The van der Waals surface area contributed by atoms with Gasteiger partial charge in [-0.1, -0.05) is 6.92 Å². The first-order valence-electron chi connectivity index (χ1n) is 9.35. The van der Waals surface area contributed by atoms with Gasteiger partial charge in [-0.05, 0) is 31.6 Å². The van der Waals surface area contributed by atoms with E-state index < -0.39 is 23.3 Å². The molecule has 0 atom stereocenters. The molecule has 2 amide bonds. The van der Waals surface area contributed by atoms with Gasteiger partial charge in [-0.2, -0.15) is 18.3 Å². The monoisotopic (exact) mass is 386 g/mol. The molecule has 2 aliphatic rings. The SMILES string of the molecule is CC1CCN(C(=O)C2CCN(C(=O)c3cn(C)nc3C(F)(F)F)CC2)CC1.